The van der Waals surface area contributed by atoms with Crippen molar-refractivity contribution < 1.29 is 8.42 Å². The molecular formula is C9H22ClN3O2S. The molecule has 0 aromatic rings. The molecule has 1 rings (SSSR count). The first-order valence-electron chi connectivity index (χ1n) is 5.58. The summed E-state index contributed by atoms with van der Waals surface area (Å²) < 4.78 is 27.9. The van der Waals surface area contributed by atoms with Gasteiger partial charge in [0.2, 0.25) is 0 Å². The van der Waals surface area contributed by atoms with Gasteiger partial charge < -0.3 is 5.32 Å². The minimum Gasteiger partial charge on any atom is -0.315 e. The highest BCUT2D eigenvalue weighted by atomic mass is 35.5. The smallest absolute Gasteiger partial charge is 0.279 e. The summed E-state index contributed by atoms with van der Waals surface area (Å²) in [6, 6.07) is 0.0457. The summed E-state index contributed by atoms with van der Waals surface area (Å²) in [5.74, 6) is 0. The Morgan fingerprint density at radius 3 is 2.44 bits per heavy atom. The van der Waals surface area contributed by atoms with Crippen molar-refractivity contribution in [1.82, 2.24) is 14.3 Å². The van der Waals surface area contributed by atoms with E-state index in [-0.39, 0.29) is 18.4 Å². The quantitative estimate of drug-likeness (QED) is 0.758. The molecule has 0 aliphatic carbocycles. The summed E-state index contributed by atoms with van der Waals surface area (Å²) in [5, 5.41) is 3.19. The zero-order chi connectivity index (χ0) is 11.3. The van der Waals surface area contributed by atoms with Gasteiger partial charge in [0.25, 0.3) is 10.2 Å². The van der Waals surface area contributed by atoms with Crippen LogP contribution in [-0.2, 0) is 10.2 Å². The summed E-state index contributed by atoms with van der Waals surface area (Å²) in [4.78, 5) is 0. The lowest BCUT2D eigenvalue weighted by Gasteiger charge is -2.27. The highest BCUT2D eigenvalue weighted by molar-refractivity contribution is 7.87. The Kier molecular flexibility index (Phi) is 7.50. The Labute approximate surface area is 105 Å². The van der Waals surface area contributed by atoms with Crippen molar-refractivity contribution in [3.05, 3.63) is 0 Å². The summed E-state index contributed by atoms with van der Waals surface area (Å²) in [6.07, 6.45) is 1.96. The first-order valence-corrected chi connectivity index (χ1v) is 7.02. The largest absolute Gasteiger partial charge is 0.315 e. The van der Waals surface area contributed by atoms with Gasteiger partial charge in [-0.15, -0.1) is 12.4 Å². The van der Waals surface area contributed by atoms with Crippen LogP contribution in [0, 0.1) is 0 Å². The summed E-state index contributed by atoms with van der Waals surface area (Å²) in [6.45, 7) is 6.46. The van der Waals surface area contributed by atoms with Crippen molar-refractivity contribution in [3.63, 3.8) is 0 Å². The monoisotopic (exact) mass is 271 g/mol. The van der Waals surface area contributed by atoms with Crippen LogP contribution in [0.15, 0.2) is 0 Å². The number of hydrogen-bond donors (Lipinski definition) is 2. The topological polar surface area (TPSA) is 61.4 Å². The van der Waals surface area contributed by atoms with Gasteiger partial charge in [-0.1, -0.05) is 13.8 Å². The third kappa shape index (κ3) is 4.55. The number of hydrogen-bond acceptors (Lipinski definition) is 3. The van der Waals surface area contributed by atoms with Crippen molar-refractivity contribution in [2.45, 2.75) is 32.7 Å². The van der Waals surface area contributed by atoms with E-state index >= 15 is 0 Å². The number of piperidine rings is 1. The van der Waals surface area contributed by atoms with Crippen LogP contribution in [0.2, 0.25) is 0 Å². The van der Waals surface area contributed by atoms with E-state index in [2.05, 4.69) is 10.0 Å². The summed E-state index contributed by atoms with van der Waals surface area (Å²) >= 11 is 0. The Bertz CT molecular complexity index is 274. The molecule has 2 N–H and O–H groups in total. The molecule has 5 nitrogen and oxygen atoms in total. The Morgan fingerprint density at radius 2 is 2.00 bits per heavy atom. The number of nitrogens with one attached hydrogen (secondary N) is 2. The van der Waals surface area contributed by atoms with E-state index in [1.165, 1.54) is 4.31 Å². The molecule has 0 aromatic carbocycles. The van der Waals surface area contributed by atoms with Crippen LogP contribution in [0.4, 0.5) is 0 Å². The lowest BCUT2D eigenvalue weighted by Crippen LogP contribution is -2.50. The van der Waals surface area contributed by atoms with Gasteiger partial charge in [0, 0.05) is 25.7 Å². The summed E-state index contributed by atoms with van der Waals surface area (Å²) in [5.41, 5.74) is 0. The highest BCUT2D eigenvalue weighted by Crippen LogP contribution is 2.05. The Morgan fingerprint density at radius 1 is 1.38 bits per heavy atom. The first-order chi connectivity index (χ1) is 7.10. The van der Waals surface area contributed by atoms with E-state index in [0.29, 0.717) is 13.1 Å². The second kappa shape index (κ2) is 7.45. The van der Waals surface area contributed by atoms with Crippen LogP contribution < -0.4 is 10.0 Å². The molecule has 0 aromatic heterocycles. The van der Waals surface area contributed by atoms with E-state index in [1.54, 1.807) is 0 Å². The van der Waals surface area contributed by atoms with Crippen molar-refractivity contribution in [2.24, 2.45) is 0 Å². The molecule has 1 atom stereocenters. The molecule has 16 heavy (non-hydrogen) atoms. The van der Waals surface area contributed by atoms with Crippen LogP contribution in [0.25, 0.3) is 0 Å². The fourth-order valence-electron chi connectivity index (χ4n) is 1.80. The molecule has 1 fully saturated rings. The SMILES string of the molecule is CCN(CC)S(=O)(=O)N[C@H]1CCCNC1.Cl. The van der Waals surface area contributed by atoms with Crippen LogP contribution in [0.1, 0.15) is 26.7 Å². The molecule has 98 valence electrons. The van der Waals surface area contributed by atoms with Crippen molar-refractivity contribution >= 4 is 22.6 Å². The maximum Gasteiger partial charge on any atom is 0.279 e. The van der Waals surface area contributed by atoms with E-state index in [4.69, 9.17) is 0 Å². The van der Waals surface area contributed by atoms with E-state index in [1.807, 2.05) is 13.8 Å². The molecule has 1 heterocycles. The Hall–Kier alpha value is 0.120. The van der Waals surface area contributed by atoms with Gasteiger partial charge in [-0.05, 0) is 19.4 Å². The molecule has 1 aliphatic heterocycles. The zero-order valence-electron chi connectivity index (χ0n) is 9.90. The van der Waals surface area contributed by atoms with Crippen molar-refractivity contribution in [1.29, 1.82) is 0 Å². The molecule has 0 saturated carbocycles. The third-order valence-corrected chi connectivity index (χ3v) is 4.49. The highest BCUT2D eigenvalue weighted by Gasteiger charge is 2.23. The van der Waals surface area contributed by atoms with E-state index in [0.717, 1.165) is 25.9 Å². The van der Waals surface area contributed by atoms with Crippen molar-refractivity contribution in [2.75, 3.05) is 26.2 Å². The maximum absolute atomic E-state index is 11.8. The summed E-state index contributed by atoms with van der Waals surface area (Å²) in [7, 11) is -3.28. The molecule has 0 unspecified atom stereocenters. The minimum atomic E-state index is -3.28. The predicted octanol–water partition coefficient (Wildman–Crippen LogP) is 0.336. The fraction of sp³-hybridized carbons (Fsp3) is 1.00. The van der Waals surface area contributed by atoms with Gasteiger partial charge in [-0.2, -0.15) is 17.4 Å². The van der Waals surface area contributed by atoms with Gasteiger partial charge in [-0.25, -0.2) is 0 Å². The molecule has 1 aliphatic rings. The van der Waals surface area contributed by atoms with Gasteiger partial charge in [0.15, 0.2) is 0 Å². The van der Waals surface area contributed by atoms with Crippen LogP contribution >= 0.6 is 12.4 Å². The molecule has 0 amide bonds. The molecule has 0 radical (unpaired) electrons. The Balaban J connectivity index is 0.00000225. The zero-order valence-corrected chi connectivity index (χ0v) is 11.5. The normalized spacial score (nSPS) is 21.8. The lowest BCUT2D eigenvalue weighted by atomic mass is 10.1. The maximum atomic E-state index is 11.8. The predicted molar refractivity (Wildman–Crippen MR) is 68.1 cm³/mol. The van der Waals surface area contributed by atoms with Gasteiger partial charge in [0.05, 0.1) is 0 Å². The number of nitrogens with zero attached hydrogens (tertiary/aromatic N) is 1. The lowest BCUT2D eigenvalue weighted by molar-refractivity contribution is 0.393. The molecule has 0 bridgehead atoms. The standard InChI is InChI=1S/C9H21N3O2S.ClH/c1-3-12(4-2)15(13,14)11-9-6-5-7-10-8-9;/h9-11H,3-8H2,1-2H3;1H/t9-;/m0./s1. The van der Waals surface area contributed by atoms with Gasteiger partial charge >= 0.3 is 0 Å². The van der Waals surface area contributed by atoms with Crippen LogP contribution in [0.3, 0.4) is 0 Å². The van der Waals surface area contributed by atoms with E-state index in [9.17, 15) is 8.42 Å². The van der Waals surface area contributed by atoms with Gasteiger partial charge in [-0.3, -0.25) is 0 Å². The second-order valence-corrected chi connectivity index (χ2v) is 5.45. The molecule has 1 saturated heterocycles. The fourth-order valence-corrected chi connectivity index (χ4v) is 3.25. The average molecular weight is 272 g/mol. The van der Waals surface area contributed by atoms with Crippen LogP contribution in [0.5, 0.6) is 0 Å². The molecule has 0 spiro atoms. The molecular weight excluding hydrogens is 250 g/mol. The average Bonchev–Trinajstić information content (AvgIpc) is 2.19. The number of halogens is 1. The van der Waals surface area contributed by atoms with Gasteiger partial charge in [0.1, 0.15) is 0 Å². The van der Waals surface area contributed by atoms with Crippen LogP contribution in [-0.4, -0.2) is 44.9 Å². The second-order valence-electron chi connectivity index (χ2n) is 3.75. The number of rotatable bonds is 5. The molecule has 7 heteroatoms. The van der Waals surface area contributed by atoms with Crippen molar-refractivity contribution in [3.8, 4) is 0 Å². The van der Waals surface area contributed by atoms with E-state index < -0.39 is 10.2 Å². The third-order valence-electron chi connectivity index (χ3n) is 2.66. The first kappa shape index (κ1) is 16.1. The minimum absolute atomic E-state index is 0.